The van der Waals surface area contributed by atoms with Crippen LogP contribution in [0.15, 0.2) is 0 Å². The Bertz CT molecular complexity index is 232. The predicted molar refractivity (Wildman–Crippen MR) is 84.7 cm³/mol. The van der Waals surface area contributed by atoms with Crippen LogP contribution in [-0.2, 0) is 0 Å². The van der Waals surface area contributed by atoms with E-state index in [4.69, 9.17) is 0 Å². The van der Waals surface area contributed by atoms with Crippen LogP contribution in [0.5, 0.6) is 0 Å². The molecule has 1 fully saturated rings. The number of likely N-dealkylation sites (N-methyl/N-ethyl adjacent to an activating group) is 3. The fourth-order valence-corrected chi connectivity index (χ4v) is 3.29. The molecule has 0 aliphatic carbocycles. The Morgan fingerprint density at radius 3 is 2.53 bits per heavy atom. The maximum atomic E-state index is 3.60. The van der Waals surface area contributed by atoms with E-state index in [9.17, 15) is 0 Å². The van der Waals surface area contributed by atoms with Crippen LogP contribution in [0.1, 0.15) is 46.0 Å². The number of unbranched alkanes of at least 4 members (excludes halogenated alkanes) is 1. The molecule has 114 valence electrons. The molecule has 0 amide bonds. The first kappa shape index (κ1) is 16.9. The predicted octanol–water partition coefficient (Wildman–Crippen LogP) is 2.43. The van der Waals surface area contributed by atoms with Crippen molar-refractivity contribution >= 4 is 0 Å². The van der Waals surface area contributed by atoms with Gasteiger partial charge in [0.2, 0.25) is 0 Å². The number of hydrogen-bond donors (Lipinski definition) is 1. The minimum Gasteiger partial charge on any atom is -0.315 e. The van der Waals surface area contributed by atoms with Crippen molar-refractivity contribution in [1.29, 1.82) is 0 Å². The summed E-state index contributed by atoms with van der Waals surface area (Å²) in [6.07, 6.45) is 6.76. The second-order valence-corrected chi connectivity index (χ2v) is 6.36. The maximum Gasteiger partial charge on any atom is 0.0373 e. The fourth-order valence-electron chi connectivity index (χ4n) is 3.29. The molecule has 0 aromatic carbocycles. The number of nitrogens with zero attached hydrogens (tertiary/aromatic N) is 2. The van der Waals surface area contributed by atoms with Gasteiger partial charge in [-0.25, -0.2) is 0 Å². The van der Waals surface area contributed by atoms with Crippen LogP contribution in [0.2, 0.25) is 0 Å². The van der Waals surface area contributed by atoms with Gasteiger partial charge in [-0.15, -0.1) is 0 Å². The highest BCUT2D eigenvalue weighted by atomic mass is 15.3. The molecular formula is C16H35N3. The minimum absolute atomic E-state index is 0.634. The zero-order valence-corrected chi connectivity index (χ0v) is 13.8. The highest BCUT2D eigenvalue weighted by Gasteiger charge is 2.30. The third-order valence-electron chi connectivity index (χ3n) is 4.87. The molecule has 3 unspecified atom stereocenters. The standard InChI is InChI=1S/C16H35N3/c1-6-8-9-14(7-2)12-15(17-3)16-13-18(4)10-11-19(16)5/h14-17H,6-13H2,1-5H3. The van der Waals surface area contributed by atoms with E-state index in [-0.39, 0.29) is 0 Å². The van der Waals surface area contributed by atoms with Crippen molar-refractivity contribution in [3.8, 4) is 0 Å². The van der Waals surface area contributed by atoms with Gasteiger partial charge in [0.15, 0.2) is 0 Å². The summed E-state index contributed by atoms with van der Waals surface area (Å²) in [4.78, 5) is 5.02. The van der Waals surface area contributed by atoms with Crippen molar-refractivity contribution in [3.63, 3.8) is 0 Å². The van der Waals surface area contributed by atoms with Gasteiger partial charge in [0.1, 0.15) is 0 Å². The average molecular weight is 269 g/mol. The lowest BCUT2D eigenvalue weighted by molar-refractivity contribution is 0.0815. The normalized spacial score (nSPS) is 25.4. The van der Waals surface area contributed by atoms with Gasteiger partial charge in [-0.05, 0) is 33.5 Å². The van der Waals surface area contributed by atoms with Gasteiger partial charge in [0.05, 0.1) is 0 Å². The number of rotatable bonds is 8. The van der Waals surface area contributed by atoms with Gasteiger partial charge in [0, 0.05) is 31.7 Å². The third kappa shape index (κ3) is 5.41. The second-order valence-electron chi connectivity index (χ2n) is 6.36. The molecule has 0 radical (unpaired) electrons. The molecule has 1 rings (SSSR count). The van der Waals surface area contributed by atoms with Crippen molar-refractivity contribution in [2.24, 2.45) is 5.92 Å². The number of piperazine rings is 1. The maximum absolute atomic E-state index is 3.60. The summed E-state index contributed by atoms with van der Waals surface area (Å²) in [6, 6.07) is 1.30. The highest BCUT2D eigenvalue weighted by Crippen LogP contribution is 2.22. The fraction of sp³-hybridized carbons (Fsp3) is 1.00. The summed E-state index contributed by atoms with van der Waals surface area (Å²) in [6.45, 7) is 8.25. The lowest BCUT2D eigenvalue weighted by Crippen LogP contribution is -2.58. The van der Waals surface area contributed by atoms with E-state index >= 15 is 0 Å². The van der Waals surface area contributed by atoms with Crippen molar-refractivity contribution in [2.75, 3.05) is 40.8 Å². The summed E-state index contributed by atoms with van der Waals surface area (Å²) in [7, 11) is 6.68. The molecule has 3 nitrogen and oxygen atoms in total. The van der Waals surface area contributed by atoms with Crippen molar-refractivity contribution in [3.05, 3.63) is 0 Å². The molecule has 1 aliphatic rings. The van der Waals surface area contributed by atoms with Crippen LogP contribution in [0.3, 0.4) is 0 Å². The van der Waals surface area contributed by atoms with Crippen molar-refractivity contribution in [1.82, 2.24) is 15.1 Å². The van der Waals surface area contributed by atoms with E-state index in [1.807, 2.05) is 0 Å². The topological polar surface area (TPSA) is 18.5 Å². The highest BCUT2D eigenvalue weighted by molar-refractivity contribution is 4.89. The van der Waals surface area contributed by atoms with Crippen LogP contribution in [0, 0.1) is 5.92 Å². The third-order valence-corrected chi connectivity index (χ3v) is 4.87. The van der Waals surface area contributed by atoms with E-state index in [1.165, 1.54) is 51.7 Å². The molecular weight excluding hydrogens is 234 g/mol. The molecule has 1 heterocycles. The molecule has 0 aromatic rings. The molecule has 3 atom stereocenters. The van der Waals surface area contributed by atoms with E-state index in [2.05, 4.69) is 50.1 Å². The lowest BCUT2D eigenvalue weighted by Gasteiger charge is -2.42. The van der Waals surface area contributed by atoms with Gasteiger partial charge in [-0.3, -0.25) is 4.90 Å². The minimum atomic E-state index is 0.634. The van der Waals surface area contributed by atoms with Crippen LogP contribution in [0.25, 0.3) is 0 Å². The van der Waals surface area contributed by atoms with Crippen LogP contribution < -0.4 is 5.32 Å². The summed E-state index contributed by atoms with van der Waals surface area (Å²) in [5, 5.41) is 3.60. The Labute approximate surface area is 120 Å². The summed E-state index contributed by atoms with van der Waals surface area (Å²) >= 11 is 0. The van der Waals surface area contributed by atoms with E-state index in [0.717, 1.165) is 5.92 Å². The number of nitrogens with one attached hydrogen (secondary N) is 1. The first-order chi connectivity index (χ1) is 9.12. The molecule has 3 heteroatoms. The quantitative estimate of drug-likeness (QED) is 0.730. The molecule has 1 saturated heterocycles. The van der Waals surface area contributed by atoms with Crippen LogP contribution in [-0.4, -0.2) is 62.7 Å². The van der Waals surface area contributed by atoms with Crippen molar-refractivity contribution < 1.29 is 0 Å². The molecule has 19 heavy (non-hydrogen) atoms. The Kier molecular flexibility index (Phi) is 7.96. The molecule has 1 N–H and O–H groups in total. The summed E-state index contributed by atoms with van der Waals surface area (Å²) < 4.78 is 0. The second kappa shape index (κ2) is 8.93. The molecule has 1 aliphatic heterocycles. The van der Waals surface area contributed by atoms with Gasteiger partial charge in [-0.1, -0.05) is 39.5 Å². The Hall–Kier alpha value is -0.120. The average Bonchev–Trinajstić information content (AvgIpc) is 2.42. The Morgan fingerprint density at radius 2 is 1.95 bits per heavy atom. The van der Waals surface area contributed by atoms with E-state index < -0.39 is 0 Å². The largest absolute Gasteiger partial charge is 0.315 e. The van der Waals surface area contributed by atoms with Crippen LogP contribution >= 0.6 is 0 Å². The smallest absolute Gasteiger partial charge is 0.0373 e. The zero-order valence-electron chi connectivity index (χ0n) is 13.8. The first-order valence-electron chi connectivity index (χ1n) is 8.18. The molecule has 0 saturated carbocycles. The van der Waals surface area contributed by atoms with Gasteiger partial charge in [-0.2, -0.15) is 0 Å². The monoisotopic (exact) mass is 269 g/mol. The summed E-state index contributed by atoms with van der Waals surface area (Å²) in [5.74, 6) is 0.887. The SMILES string of the molecule is CCCCC(CC)CC(NC)C1CN(C)CCN1C. The number of hydrogen-bond acceptors (Lipinski definition) is 3. The van der Waals surface area contributed by atoms with Gasteiger partial charge in [0.25, 0.3) is 0 Å². The molecule has 0 bridgehead atoms. The van der Waals surface area contributed by atoms with Gasteiger partial charge >= 0.3 is 0 Å². The zero-order chi connectivity index (χ0) is 14.3. The van der Waals surface area contributed by atoms with Crippen molar-refractivity contribution in [2.45, 2.75) is 58.0 Å². The van der Waals surface area contributed by atoms with Gasteiger partial charge < -0.3 is 10.2 Å². The Balaban J connectivity index is 2.54. The van der Waals surface area contributed by atoms with E-state index in [0.29, 0.717) is 12.1 Å². The Morgan fingerprint density at radius 1 is 1.21 bits per heavy atom. The molecule has 0 spiro atoms. The first-order valence-corrected chi connectivity index (χ1v) is 8.18. The van der Waals surface area contributed by atoms with Crippen LogP contribution in [0.4, 0.5) is 0 Å². The molecule has 0 aromatic heterocycles. The van der Waals surface area contributed by atoms with E-state index in [1.54, 1.807) is 0 Å². The summed E-state index contributed by atoms with van der Waals surface area (Å²) in [5.41, 5.74) is 0. The lowest BCUT2D eigenvalue weighted by atomic mass is 9.88.